The van der Waals surface area contributed by atoms with Crippen LogP contribution in [0.15, 0.2) is 0 Å². The van der Waals surface area contributed by atoms with Gasteiger partial charge in [-0.2, -0.15) is 0 Å². The lowest BCUT2D eigenvalue weighted by molar-refractivity contribution is -0.154. The predicted octanol–water partition coefficient (Wildman–Crippen LogP) is 2.72. The van der Waals surface area contributed by atoms with Gasteiger partial charge in [0.1, 0.15) is 11.7 Å². The Bertz CT molecular complexity index is 209. The van der Waals surface area contributed by atoms with Crippen LogP contribution in [-0.4, -0.2) is 17.9 Å². The second-order valence-corrected chi connectivity index (χ2v) is 4.13. The van der Waals surface area contributed by atoms with Crippen LogP contribution in [0, 0.1) is 5.92 Å². The van der Waals surface area contributed by atoms with Crippen LogP contribution >= 0.6 is 0 Å². The molecule has 0 fully saturated rings. The summed E-state index contributed by atoms with van der Waals surface area (Å²) >= 11 is 0. The fourth-order valence-corrected chi connectivity index (χ4v) is 1.23. The van der Waals surface area contributed by atoms with Gasteiger partial charge in [-0.05, 0) is 27.2 Å². The van der Waals surface area contributed by atoms with E-state index in [1.54, 1.807) is 20.8 Å². The molecule has 0 saturated heterocycles. The van der Waals surface area contributed by atoms with Crippen LogP contribution in [0.4, 0.5) is 0 Å². The molecule has 0 saturated carbocycles. The summed E-state index contributed by atoms with van der Waals surface area (Å²) in [5.74, 6) is -1.01. The van der Waals surface area contributed by atoms with Gasteiger partial charge in [-0.25, -0.2) is 0 Å². The van der Waals surface area contributed by atoms with Crippen LogP contribution in [0.25, 0.3) is 0 Å². The van der Waals surface area contributed by atoms with Gasteiger partial charge < -0.3 is 4.74 Å². The molecule has 1 atom stereocenters. The summed E-state index contributed by atoms with van der Waals surface area (Å²) in [5, 5.41) is 0. The van der Waals surface area contributed by atoms with E-state index in [-0.39, 0.29) is 11.9 Å². The van der Waals surface area contributed by atoms with Crippen molar-refractivity contribution >= 4 is 11.8 Å². The molecule has 0 spiro atoms. The number of ketones is 1. The number of ether oxygens (including phenoxy) is 1. The fraction of sp³-hybridized carbons (Fsp3) is 0.833. The van der Waals surface area contributed by atoms with Gasteiger partial charge in [0.05, 0.1) is 6.10 Å². The molecule has 0 aromatic heterocycles. The van der Waals surface area contributed by atoms with Gasteiger partial charge in [-0.3, -0.25) is 9.59 Å². The van der Waals surface area contributed by atoms with E-state index in [0.717, 1.165) is 19.3 Å². The molecule has 0 amide bonds. The molecule has 1 unspecified atom stereocenters. The Balaban J connectivity index is 3.91. The summed E-state index contributed by atoms with van der Waals surface area (Å²) in [6.45, 7) is 7.28. The summed E-state index contributed by atoms with van der Waals surface area (Å²) < 4.78 is 4.98. The largest absolute Gasteiger partial charge is 0.462 e. The van der Waals surface area contributed by atoms with Gasteiger partial charge in [0.25, 0.3) is 0 Å². The minimum Gasteiger partial charge on any atom is -0.462 e. The van der Waals surface area contributed by atoms with Gasteiger partial charge in [0.2, 0.25) is 0 Å². The third-order valence-electron chi connectivity index (χ3n) is 2.22. The SMILES string of the molecule is CCCCCC(=O)C(C)C(=O)OC(C)C. The molecule has 0 bridgehead atoms. The fourth-order valence-electron chi connectivity index (χ4n) is 1.23. The lowest BCUT2D eigenvalue weighted by Crippen LogP contribution is -2.25. The van der Waals surface area contributed by atoms with Crippen LogP contribution in [-0.2, 0) is 14.3 Å². The molecule has 88 valence electrons. The standard InChI is InChI=1S/C12H22O3/c1-5-6-7-8-11(13)10(4)12(14)15-9(2)3/h9-10H,5-8H2,1-4H3. The first-order chi connectivity index (χ1) is 6.99. The summed E-state index contributed by atoms with van der Waals surface area (Å²) in [7, 11) is 0. The van der Waals surface area contributed by atoms with Crippen LogP contribution in [0.2, 0.25) is 0 Å². The molecule has 0 radical (unpaired) electrons. The van der Waals surface area contributed by atoms with E-state index < -0.39 is 11.9 Å². The van der Waals surface area contributed by atoms with Crippen LogP contribution in [0.1, 0.15) is 53.4 Å². The van der Waals surface area contributed by atoms with Crippen molar-refractivity contribution in [2.24, 2.45) is 5.92 Å². The zero-order valence-electron chi connectivity index (χ0n) is 10.2. The highest BCUT2D eigenvalue weighted by atomic mass is 16.5. The Kier molecular flexibility index (Phi) is 7.01. The number of hydrogen-bond donors (Lipinski definition) is 0. The van der Waals surface area contributed by atoms with Crippen molar-refractivity contribution in [1.29, 1.82) is 0 Å². The van der Waals surface area contributed by atoms with Gasteiger partial charge in [0.15, 0.2) is 0 Å². The average Bonchev–Trinajstić information content (AvgIpc) is 2.15. The summed E-state index contributed by atoms with van der Waals surface area (Å²) in [5.41, 5.74) is 0. The van der Waals surface area contributed by atoms with Gasteiger partial charge in [-0.1, -0.05) is 19.8 Å². The van der Waals surface area contributed by atoms with Gasteiger partial charge in [-0.15, -0.1) is 0 Å². The second kappa shape index (κ2) is 7.43. The molecule has 0 aromatic carbocycles. The minimum absolute atomic E-state index is 0.00546. The van der Waals surface area contributed by atoms with E-state index in [1.807, 2.05) is 0 Å². The Hall–Kier alpha value is -0.860. The number of Topliss-reactive ketones (excluding diaryl/α,β-unsaturated/α-hetero) is 1. The Morgan fingerprint density at radius 1 is 1.13 bits per heavy atom. The predicted molar refractivity (Wildman–Crippen MR) is 59.5 cm³/mol. The molecule has 0 aliphatic carbocycles. The van der Waals surface area contributed by atoms with E-state index in [4.69, 9.17) is 4.74 Å². The third-order valence-corrected chi connectivity index (χ3v) is 2.22. The molecule has 0 aliphatic heterocycles. The van der Waals surface area contributed by atoms with Crippen molar-refractivity contribution in [3.8, 4) is 0 Å². The monoisotopic (exact) mass is 214 g/mol. The van der Waals surface area contributed by atoms with Crippen molar-refractivity contribution in [1.82, 2.24) is 0 Å². The molecular weight excluding hydrogens is 192 g/mol. The summed E-state index contributed by atoms with van der Waals surface area (Å²) in [4.78, 5) is 22.9. The molecule has 3 heteroatoms. The number of esters is 1. The maximum atomic E-state index is 11.5. The number of unbranched alkanes of at least 4 members (excludes halogenated alkanes) is 2. The number of rotatable bonds is 7. The Morgan fingerprint density at radius 3 is 2.20 bits per heavy atom. The van der Waals surface area contributed by atoms with Crippen LogP contribution in [0.5, 0.6) is 0 Å². The second-order valence-electron chi connectivity index (χ2n) is 4.13. The van der Waals surface area contributed by atoms with Crippen molar-refractivity contribution in [2.75, 3.05) is 0 Å². The van der Waals surface area contributed by atoms with Crippen LogP contribution in [0.3, 0.4) is 0 Å². The van der Waals surface area contributed by atoms with Crippen molar-refractivity contribution < 1.29 is 14.3 Å². The lowest BCUT2D eigenvalue weighted by atomic mass is 10.0. The molecule has 3 nitrogen and oxygen atoms in total. The highest BCUT2D eigenvalue weighted by molar-refractivity contribution is 5.98. The highest BCUT2D eigenvalue weighted by Crippen LogP contribution is 2.09. The summed E-state index contributed by atoms with van der Waals surface area (Å²) in [6, 6.07) is 0. The maximum absolute atomic E-state index is 11.5. The average molecular weight is 214 g/mol. The Morgan fingerprint density at radius 2 is 1.73 bits per heavy atom. The molecule has 0 aromatic rings. The lowest BCUT2D eigenvalue weighted by Gasteiger charge is -2.12. The molecule has 0 aliphatic rings. The Labute approximate surface area is 92.2 Å². The van der Waals surface area contributed by atoms with Crippen molar-refractivity contribution in [3.63, 3.8) is 0 Å². The first-order valence-electron chi connectivity index (χ1n) is 5.72. The number of carbonyl (C=O) groups is 2. The molecule has 0 N–H and O–H groups in total. The topological polar surface area (TPSA) is 43.4 Å². The smallest absolute Gasteiger partial charge is 0.316 e. The number of hydrogen-bond acceptors (Lipinski definition) is 3. The van der Waals surface area contributed by atoms with E-state index in [2.05, 4.69) is 6.92 Å². The quantitative estimate of drug-likeness (QED) is 0.372. The van der Waals surface area contributed by atoms with E-state index in [0.29, 0.717) is 6.42 Å². The summed E-state index contributed by atoms with van der Waals surface area (Å²) in [6.07, 6.45) is 3.33. The van der Waals surface area contributed by atoms with Gasteiger partial charge >= 0.3 is 5.97 Å². The zero-order chi connectivity index (χ0) is 11.8. The van der Waals surface area contributed by atoms with Crippen molar-refractivity contribution in [2.45, 2.75) is 59.5 Å². The van der Waals surface area contributed by atoms with E-state index >= 15 is 0 Å². The van der Waals surface area contributed by atoms with E-state index in [9.17, 15) is 9.59 Å². The third kappa shape index (κ3) is 6.26. The first-order valence-corrected chi connectivity index (χ1v) is 5.72. The molecule has 0 rings (SSSR count). The minimum atomic E-state index is -0.607. The first kappa shape index (κ1) is 14.1. The van der Waals surface area contributed by atoms with Crippen LogP contribution < -0.4 is 0 Å². The normalized spacial score (nSPS) is 12.6. The number of carbonyl (C=O) groups excluding carboxylic acids is 2. The molecule has 0 heterocycles. The highest BCUT2D eigenvalue weighted by Gasteiger charge is 2.22. The molecule has 15 heavy (non-hydrogen) atoms. The maximum Gasteiger partial charge on any atom is 0.316 e. The zero-order valence-corrected chi connectivity index (χ0v) is 10.2. The van der Waals surface area contributed by atoms with Crippen molar-refractivity contribution in [3.05, 3.63) is 0 Å². The van der Waals surface area contributed by atoms with E-state index in [1.165, 1.54) is 0 Å². The molecular formula is C12H22O3. The van der Waals surface area contributed by atoms with Gasteiger partial charge in [0, 0.05) is 6.42 Å².